The molecule has 3 nitrogen and oxygen atoms in total. The van der Waals surface area contributed by atoms with E-state index in [1.165, 1.54) is 11.1 Å². The van der Waals surface area contributed by atoms with Crippen LogP contribution in [0, 0.1) is 6.92 Å². The molecule has 1 heterocycles. The SMILES string of the molecule is CCc1c(N)nn(C)c1-c1ccccc1C. The molecule has 2 rings (SSSR count). The molecule has 0 aliphatic heterocycles. The topological polar surface area (TPSA) is 43.8 Å². The fourth-order valence-corrected chi connectivity index (χ4v) is 2.11. The van der Waals surface area contributed by atoms with Gasteiger partial charge in [0.2, 0.25) is 0 Å². The van der Waals surface area contributed by atoms with Crippen molar-refractivity contribution in [2.45, 2.75) is 20.3 Å². The molecule has 0 aliphatic rings. The van der Waals surface area contributed by atoms with Gasteiger partial charge in [0.05, 0.1) is 5.69 Å². The highest BCUT2D eigenvalue weighted by molar-refractivity contribution is 5.71. The Kier molecular flexibility index (Phi) is 2.69. The minimum atomic E-state index is 0.642. The van der Waals surface area contributed by atoms with Crippen LogP contribution in [0.25, 0.3) is 11.3 Å². The molecular weight excluding hydrogens is 198 g/mol. The van der Waals surface area contributed by atoms with Crippen molar-refractivity contribution in [3.63, 3.8) is 0 Å². The molecule has 3 heteroatoms. The predicted molar refractivity (Wildman–Crippen MR) is 67.2 cm³/mol. The van der Waals surface area contributed by atoms with E-state index < -0.39 is 0 Å². The fraction of sp³-hybridized carbons (Fsp3) is 0.308. The number of hydrogen-bond acceptors (Lipinski definition) is 2. The third kappa shape index (κ3) is 1.58. The largest absolute Gasteiger partial charge is 0.382 e. The lowest BCUT2D eigenvalue weighted by Gasteiger charge is -2.08. The first kappa shape index (κ1) is 10.7. The van der Waals surface area contributed by atoms with Crippen molar-refractivity contribution in [3.05, 3.63) is 35.4 Å². The Morgan fingerprint density at radius 3 is 2.62 bits per heavy atom. The summed E-state index contributed by atoms with van der Waals surface area (Å²) in [5.41, 5.74) is 10.6. The molecule has 0 bridgehead atoms. The molecule has 0 aliphatic carbocycles. The average Bonchev–Trinajstić information content (AvgIpc) is 2.54. The van der Waals surface area contributed by atoms with Crippen LogP contribution in [0.15, 0.2) is 24.3 Å². The van der Waals surface area contributed by atoms with Crippen LogP contribution in [0.3, 0.4) is 0 Å². The van der Waals surface area contributed by atoms with Gasteiger partial charge in [-0.15, -0.1) is 0 Å². The van der Waals surface area contributed by atoms with Crippen molar-refractivity contribution in [3.8, 4) is 11.3 Å². The first-order chi connectivity index (χ1) is 7.65. The second-order valence-corrected chi connectivity index (χ2v) is 4.00. The highest BCUT2D eigenvalue weighted by Crippen LogP contribution is 2.29. The monoisotopic (exact) mass is 215 g/mol. The molecule has 1 aromatic carbocycles. The summed E-state index contributed by atoms with van der Waals surface area (Å²) in [6, 6.07) is 8.32. The summed E-state index contributed by atoms with van der Waals surface area (Å²) in [5.74, 6) is 0.642. The Hall–Kier alpha value is -1.77. The van der Waals surface area contributed by atoms with Crippen LogP contribution in [0.2, 0.25) is 0 Å². The summed E-state index contributed by atoms with van der Waals surface area (Å²) in [6.45, 7) is 4.22. The zero-order valence-electron chi connectivity index (χ0n) is 9.99. The molecule has 2 N–H and O–H groups in total. The lowest BCUT2D eigenvalue weighted by atomic mass is 10.0. The third-order valence-corrected chi connectivity index (χ3v) is 2.93. The third-order valence-electron chi connectivity index (χ3n) is 2.93. The van der Waals surface area contributed by atoms with Crippen molar-refractivity contribution in [2.75, 3.05) is 5.73 Å². The lowest BCUT2D eigenvalue weighted by molar-refractivity contribution is 0.779. The predicted octanol–water partition coefficient (Wildman–Crippen LogP) is 2.54. The molecule has 84 valence electrons. The molecule has 0 unspecified atom stereocenters. The van der Waals surface area contributed by atoms with Crippen LogP contribution in [0.4, 0.5) is 5.82 Å². The van der Waals surface area contributed by atoms with Gasteiger partial charge in [0, 0.05) is 18.2 Å². The molecule has 1 aromatic heterocycles. The van der Waals surface area contributed by atoms with E-state index in [9.17, 15) is 0 Å². The van der Waals surface area contributed by atoms with E-state index >= 15 is 0 Å². The van der Waals surface area contributed by atoms with Gasteiger partial charge in [-0.25, -0.2) is 0 Å². The normalized spacial score (nSPS) is 10.7. The number of nitrogens with zero attached hydrogens (tertiary/aromatic N) is 2. The first-order valence-corrected chi connectivity index (χ1v) is 5.52. The molecule has 0 amide bonds. The zero-order valence-corrected chi connectivity index (χ0v) is 9.99. The Balaban J connectivity index is 2.69. The molecule has 16 heavy (non-hydrogen) atoms. The van der Waals surface area contributed by atoms with Gasteiger partial charge in [0.1, 0.15) is 5.82 Å². The summed E-state index contributed by atoms with van der Waals surface area (Å²) < 4.78 is 1.87. The van der Waals surface area contributed by atoms with Crippen LogP contribution in [-0.4, -0.2) is 9.78 Å². The number of aryl methyl sites for hydroxylation is 2. The molecule has 0 fully saturated rings. The van der Waals surface area contributed by atoms with Gasteiger partial charge in [0.15, 0.2) is 0 Å². The number of nitrogens with two attached hydrogens (primary N) is 1. The van der Waals surface area contributed by atoms with Gasteiger partial charge in [-0.3, -0.25) is 4.68 Å². The minimum Gasteiger partial charge on any atom is -0.382 e. The van der Waals surface area contributed by atoms with E-state index in [0.29, 0.717) is 5.82 Å². The van der Waals surface area contributed by atoms with Gasteiger partial charge in [-0.1, -0.05) is 31.2 Å². The number of nitrogen functional groups attached to an aromatic ring is 1. The van der Waals surface area contributed by atoms with E-state index in [1.807, 2.05) is 23.9 Å². The molecule has 0 radical (unpaired) electrons. The summed E-state index contributed by atoms with van der Waals surface area (Å²) in [7, 11) is 1.94. The van der Waals surface area contributed by atoms with Crippen LogP contribution >= 0.6 is 0 Å². The van der Waals surface area contributed by atoms with E-state index in [2.05, 4.69) is 31.1 Å². The van der Waals surface area contributed by atoms with Gasteiger partial charge in [0.25, 0.3) is 0 Å². The van der Waals surface area contributed by atoms with Gasteiger partial charge < -0.3 is 5.73 Å². The van der Waals surface area contributed by atoms with Crippen molar-refractivity contribution in [1.29, 1.82) is 0 Å². The van der Waals surface area contributed by atoms with Crippen molar-refractivity contribution >= 4 is 5.82 Å². The second-order valence-electron chi connectivity index (χ2n) is 4.00. The van der Waals surface area contributed by atoms with Crippen molar-refractivity contribution in [2.24, 2.45) is 7.05 Å². The molecule has 0 spiro atoms. The Morgan fingerprint density at radius 1 is 1.31 bits per heavy atom. The highest BCUT2D eigenvalue weighted by atomic mass is 15.3. The molecular formula is C13H17N3. The van der Waals surface area contributed by atoms with Crippen LogP contribution in [-0.2, 0) is 13.5 Å². The highest BCUT2D eigenvalue weighted by Gasteiger charge is 2.15. The molecule has 0 saturated heterocycles. The first-order valence-electron chi connectivity index (χ1n) is 5.52. The number of benzene rings is 1. The Bertz CT molecular complexity index is 512. The summed E-state index contributed by atoms with van der Waals surface area (Å²) >= 11 is 0. The second kappa shape index (κ2) is 4.00. The number of anilines is 1. The van der Waals surface area contributed by atoms with Crippen LogP contribution < -0.4 is 5.73 Å². The van der Waals surface area contributed by atoms with Gasteiger partial charge in [-0.2, -0.15) is 5.10 Å². The van der Waals surface area contributed by atoms with Crippen LogP contribution in [0.5, 0.6) is 0 Å². The number of hydrogen-bond donors (Lipinski definition) is 1. The van der Waals surface area contributed by atoms with Gasteiger partial charge >= 0.3 is 0 Å². The smallest absolute Gasteiger partial charge is 0.149 e. The Morgan fingerprint density at radius 2 is 2.00 bits per heavy atom. The van der Waals surface area contributed by atoms with E-state index in [1.54, 1.807) is 0 Å². The summed E-state index contributed by atoms with van der Waals surface area (Å²) in [5, 5.41) is 4.29. The quantitative estimate of drug-likeness (QED) is 0.836. The van der Waals surface area contributed by atoms with E-state index in [-0.39, 0.29) is 0 Å². The number of aromatic nitrogens is 2. The van der Waals surface area contributed by atoms with Crippen LogP contribution in [0.1, 0.15) is 18.1 Å². The standard InChI is InChI=1S/C13H17N3/c1-4-10-12(16(3)15-13(10)14)11-8-6-5-7-9(11)2/h5-8H,4H2,1-3H3,(H2,14,15). The zero-order chi connectivity index (χ0) is 11.7. The molecule has 0 atom stereocenters. The fourth-order valence-electron chi connectivity index (χ4n) is 2.11. The van der Waals surface area contributed by atoms with Crippen molar-refractivity contribution < 1.29 is 0 Å². The minimum absolute atomic E-state index is 0.642. The Labute approximate surface area is 95.9 Å². The molecule has 2 aromatic rings. The van der Waals surface area contributed by atoms with E-state index in [0.717, 1.165) is 17.7 Å². The van der Waals surface area contributed by atoms with E-state index in [4.69, 9.17) is 5.73 Å². The lowest BCUT2D eigenvalue weighted by Crippen LogP contribution is -1.96. The molecule has 0 saturated carbocycles. The number of rotatable bonds is 2. The van der Waals surface area contributed by atoms with Crippen molar-refractivity contribution in [1.82, 2.24) is 9.78 Å². The maximum atomic E-state index is 5.91. The average molecular weight is 215 g/mol. The summed E-state index contributed by atoms with van der Waals surface area (Å²) in [6.07, 6.45) is 0.906. The summed E-state index contributed by atoms with van der Waals surface area (Å²) in [4.78, 5) is 0. The maximum Gasteiger partial charge on any atom is 0.149 e. The maximum absolute atomic E-state index is 5.91. The van der Waals surface area contributed by atoms with Gasteiger partial charge in [-0.05, 0) is 18.9 Å².